The number of tetrazole rings is 1. The molecule has 0 atom stereocenters. The fraction of sp³-hybridized carbons (Fsp3) is 0.136. The number of hydrogen-bond donors (Lipinski definition) is 2. The summed E-state index contributed by atoms with van der Waals surface area (Å²) in [5.41, 5.74) is 2.38. The third-order valence-corrected chi connectivity index (χ3v) is 4.93. The van der Waals surface area contributed by atoms with E-state index in [0.717, 1.165) is 17.5 Å². The van der Waals surface area contributed by atoms with Gasteiger partial charge in [-0.2, -0.15) is 0 Å². The van der Waals surface area contributed by atoms with E-state index in [1.165, 1.54) is 35.3 Å². The molecule has 0 saturated heterocycles. The first-order valence-electron chi connectivity index (χ1n) is 10.2. The summed E-state index contributed by atoms with van der Waals surface area (Å²) in [7, 11) is 0. The van der Waals surface area contributed by atoms with Crippen LogP contribution in [0.5, 0.6) is 0 Å². The standard InChI is InChI=1S/C22H18ClFN8O3/c1-12-7-13(2)27-22(26-12)28-14-3-5-17(23)16(8-14)21(34)35-10-20(33)29-19-9-15(4-6-18(19)24)32-11-25-30-31-32/h3-9,11H,10H2,1-2H3,(H,29,33)(H,26,27,28). The first-order chi connectivity index (χ1) is 16.8. The first-order valence-corrected chi connectivity index (χ1v) is 10.5. The minimum absolute atomic E-state index is 0.0284. The third-order valence-electron chi connectivity index (χ3n) is 4.60. The van der Waals surface area contributed by atoms with Crippen LogP contribution in [0.1, 0.15) is 21.7 Å². The van der Waals surface area contributed by atoms with Gasteiger partial charge in [0.1, 0.15) is 12.1 Å². The van der Waals surface area contributed by atoms with E-state index in [1.54, 1.807) is 6.07 Å². The molecule has 0 aliphatic heterocycles. The molecule has 2 N–H and O–H groups in total. The van der Waals surface area contributed by atoms with Gasteiger partial charge in [-0.05, 0) is 66.7 Å². The second-order valence-electron chi connectivity index (χ2n) is 7.34. The Morgan fingerprint density at radius 1 is 1.09 bits per heavy atom. The summed E-state index contributed by atoms with van der Waals surface area (Å²) >= 11 is 6.15. The van der Waals surface area contributed by atoms with Crippen LogP contribution in [0.25, 0.3) is 5.69 Å². The highest BCUT2D eigenvalue weighted by Gasteiger charge is 2.16. The largest absolute Gasteiger partial charge is 0.452 e. The van der Waals surface area contributed by atoms with E-state index in [-0.39, 0.29) is 16.3 Å². The summed E-state index contributed by atoms with van der Waals surface area (Å²) < 4.78 is 20.5. The molecule has 0 saturated carbocycles. The molecule has 0 aliphatic carbocycles. The quantitative estimate of drug-likeness (QED) is 0.369. The van der Waals surface area contributed by atoms with Gasteiger partial charge in [-0.25, -0.2) is 23.8 Å². The van der Waals surface area contributed by atoms with Crippen LogP contribution in [-0.4, -0.2) is 48.7 Å². The van der Waals surface area contributed by atoms with Crippen molar-refractivity contribution < 1.29 is 18.7 Å². The van der Waals surface area contributed by atoms with Crippen molar-refractivity contribution in [2.24, 2.45) is 0 Å². The number of aromatic nitrogens is 6. The average Bonchev–Trinajstić information content (AvgIpc) is 3.34. The highest BCUT2D eigenvalue weighted by molar-refractivity contribution is 6.33. The Hall–Kier alpha value is -4.45. The predicted molar refractivity (Wildman–Crippen MR) is 124 cm³/mol. The lowest BCUT2D eigenvalue weighted by Crippen LogP contribution is -2.21. The number of aryl methyl sites for hydroxylation is 2. The monoisotopic (exact) mass is 496 g/mol. The highest BCUT2D eigenvalue weighted by Crippen LogP contribution is 2.24. The SMILES string of the molecule is Cc1cc(C)nc(Nc2ccc(Cl)c(C(=O)OCC(=O)Nc3cc(-n4cnnn4)ccc3F)c2)n1. The van der Waals surface area contributed by atoms with Crippen LogP contribution >= 0.6 is 11.6 Å². The molecule has 0 radical (unpaired) electrons. The van der Waals surface area contributed by atoms with Gasteiger partial charge >= 0.3 is 5.97 Å². The van der Waals surface area contributed by atoms with Crippen molar-refractivity contribution in [3.63, 3.8) is 0 Å². The average molecular weight is 497 g/mol. The number of anilines is 3. The molecule has 178 valence electrons. The minimum atomic E-state index is -0.835. The fourth-order valence-corrected chi connectivity index (χ4v) is 3.29. The summed E-state index contributed by atoms with van der Waals surface area (Å²) in [6.45, 7) is 3.01. The zero-order valence-corrected chi connectivity index (χ0v) is 19.2. The van der Waals surface area contributed by atoms with E-state index in [9.17, 15) is 14.0 Å². The summed E-state index contributed by atoms with van der Waals surface area (Å²) in [6.07, 6.45) is 1.32. The number of hydrogen-bond acceptors (Lipinski definition) is 9. The Bertz CT molecular complexity index is 1380. The predicted octanol–water partition coefficient (Wildman–Crippen LogP) is 3.40. The topological polar surface area (TPSA) is 137 Å². The molecule has 13 heteroatoms. The molecule has 0 spiro atoms. The number of rotatable bonds is 7. The molecule has 0 bridgehead atoms. The second-order valence-corrected chi connectivity index (χ2v) is 7.74. The van der Waals surface area contributed by atoms with Gasteiger partial charge in [0, 0.05) is 17.1 Å². The molecule has 11 nitrogen and oxygen atoms in total. The zero-order chi connectivity index (χ0) is 24.9. The Labute approximate surface area is 203 Å². The van der Waals surface area contributed by atoms with Crippen LogP contribution in [-0.2, 0) is 9.53 Å². The smallest absolute Gasteiger partial charge is 0.340 e. The van der Waals surface area contributed by atoms with Crippen molar-refractivity contribution in [1.29, 1.82) is 0 Å². The van der Waals surface area contributed by atoms with Crippen LogP contribution < -0.4 is 10.6 Å². The van der Waals surface area contributed by atoms with Crippen LogP contribution in [0.3, 0.4) is 0 Å². The molecule has 4 aromatic rings. The van der Waals surface area contributed by atoms with Gasteiger partial charge in [0.25, 0.3) is 5.91 Å². The van der Waals surface area contributed by atoms with Crippen molar-refractivity contribution in [3.8, 4) is 5.69 Å². The molecule has 1 amide bonds. The number of nitrogens with one attached hydrogen (secondary N) is 2. The fourth-order valence-electron chi connectivity index (χ4n) is 3.10. The van der Waals surface area contributed by atoms with Crippen molar-refractivity contribution in [2.75, 3.05) is 17.2 Å². The van der Waals surface area contributed by atoms with Crippen molar-refractivity contribution in [1.82, 2.24) is 30.2 Å². The van der Waals surface area contributed by atoms with E-state index in [1.807, 2.05) is 19.9 Å². The van der Waals surface area contributed by atoms with Crippen molar-refractivity contribution in [2.45, 2.75) is 13.8 Å². The number of esters is 1. The maximum atomic E-state index is 14.1. The molecule has 2 aromatic heterocycles. The molecule has 35 heavy (non-hydrogen) atoms. The minimum Gasteiger partial charge on any atom is -0.452 e. The lowest BCUT2D eigenvalue weighted by molar-refractivity contribution is -0.119. The second kappa shape index (κ2) is 10.2. The lowest BCUT2D eigenvalue weighted by Gasteiger charge is -2.11. The van der Waals surface area contributed by atoms with Crippen molar-refractivity contribution in [3.05, 3.63) is 76.6 Å². The van der Waals surface area contributed by atoms with Crippen LogP contribution in [0.2, 0.25) is 5.02 Å². The Kier molecular flexibility index (Phi) is 6.92. The van der Waals surface area contributed by atoms with Crippen molar-refractivity contribution >= 4 is 40.8 Å². The number of benzene rings is 2. The summed E-state index contributed by atoms with van der Waals surface area (Å²) in [4.78, 5) is 33.4. The van der Waals surface area contributed by atoms with E-state index in [2.05, 4.69) is 36.1 Å². The van der Waals surface area contributed by atoms with E-state index < -0.39 is 24.3 Å². The van der Waals surface area contributed by atoms with Gasteiger partial charge in [-0.1, -0.05) is 11.6 Å². The zero-order valence-electron chi connectivity index (χ0n) is 18.5. The molecule has 0 aliphatic rings. The van der Waals surface area contributed by atoms with E-state index in [0.29, 0.717) is 17.3 Å². The van der Waals surface area contributed by atoms with Crippen LogP contribution in [0.15, 0.2) is 48.8 Å². The van der Waals surface area contributed by atoms with Gasteiger partial charge in [-0.15, -0.1) is 5.10 Å². The van der Waals surface area contributed by atoms with Crippen LogP contribution in [0.4, 0.5) is 21.7 Å². The molecule has 0 unspecified atom stereocenters. The van der Waals surface area contributed by atoms with Gasteiger partial charge in [0.05, 0.1) is 22.0 Å². The van der Waals surface area contributed by atoms with E-state index in [4.69, 9.17) is 16.3 Å². The Balaban J connectivity index is 1.41. The normalized spacial score (nSPS) is 10.6. The van der Waals surface area contributed by atoms with Gasteiger partial charge in [0.2, 0.25) is 5.95 Å². The molecular weight excluding hydrogens is 479 g/mol. The molecule has 4 rings (SSSR count). The van der Waals surface area contributed by atoms with E-state index >= 15 is 0 Å². The number of carbonyl (C=O) groups is 2. The number of halogens is 2. The molecule has 2 aromatic carbocycles. The number of ether oxygens (including phenoxy) is 1. The Morgan fingerprint density at radius 3 is 2.57 bits per heavy atom. The maximum Gasteiger partial charge on any atom is 0.340 e. The molecular formula is C22H18ClFN8O3. The third kappa shape index (κ3) is 5.92. The van der Waals surface area contributed by atoms with Gasteiger partial charge < -0.3 is 15.4 Å². The lowest BCUT2D eigenvalue weighted by atomic mass is 10.2. The molecule has 2 heterocycles. The number of carbonyl (C=O) groups excluding carboxylic acids is 2. The number of nitrogens with zero attached hydrogens (tertiary/aromatic N) is 6. The van der Waals surface area contributed by atoms with Crippen LogP contribution in [0, 0.1) is 19.7 Å². The summed E-state index contributed by atoms with van der Waals surface area (Å²) in [5, 5.41) is 16.2. The maximum absolute atomic E-state index is 14.1. The summed E-state index contributed by atoms with van der Waals surface area (Å²) in [6, 6.07) is 10.4. The van der Waals surface area contributed by atoms with Gasteiger partial charge in [-0.3, -0.25) is 4.79 Å². The summed E-state index contributed by atoms with van der Waals surface area (Å²) in [5.74, 6) is -1.91. The highest BCUT2D eigenvalue weighted by atomic mass is 35.5. The number of amides is 1. The first kappa shape index (κ1) is 23.7. The van der Waals surface area contributed by atoms with Gasteiger partial charge in [0.15, 0.2) is 6.61 Å². The Morgan fingerprint density at radius 2 is 1.86 bits per heavy atom. The molecule has 0 fully saturated rings.